The van der Waals surface area contributed by atoms with Crippen LogP contribution in [0, 0.1) is 0 Å². The summed E-state index contributed by atoms with van der Waals surface area (Å²) < 4.78 is 6.47. The Labute approximate surface area is 74.9 Å². The maximum absolute atomic E-state index is 10.6. The molecule has 0 radical (unpaired) electrons. The summed E-state index contributed by atoms with van der Waals surface area (Å²) in [4.78, 5) is 14.5. The van der Waals surface area contributed by atoms with Gasteiger partial charge in [-0.25, -0.2) is 9.78 Å². The van der Waals surface area contributed by atoms with E-state index >= 15 is 0 Å². The standard InChI is InChI=1S/C7H10N4O2/c12-7-10-6(3-13-7)1-2-11-5-8-4-9-11/h4-6H,1-3H2,(H,10,12). The Bertz CT molecular complexity index is 285. The van der Waals surface area contributed by atoms with E-state index < -0.39 is 0 Å². The van der Waals surface area contributed by atoms with E-state index in [4.69, 9.17) is 4.74 Å². The second kappa shape index (κ2) is 3.42. The zero-order valence-electron chi connectivity index (χ0n) is 7.01. The normalized spacial score (nSPS) is 21.2. The molecule has 0 aliphatic carbocycles. The molecule has 70 valence electrons. The van der Waals surface area contributed by atoms with E-state index in [-0.39, 0.29) is 12.1 Å². The molecular formula is C7H10N4O2. The molecule has 1 amide bonds. The fourth-order valence-electron chi connectivity index (χ4n) is 1.22. The molecule has 0 spiro atoms. The molecule has 0 bridgehead atoms. The second-order valence-corrected chi connectivity index (χ2v) is 2.89. The molecule has 1 saturated heterocycles. The summed E-state index contributed by atoms with van der Waals surface area (Å²) in [5.41, 5.74) is 0. The molecular weight excluding hydrogens is 172 g/mol. The molecule has 2 heterocycles. The van der Waals surface area contributed by atoms with Crippen LogP contribution in [0.1, 0.15) is 6.42 Å². The van der Waals surface area contributed by atoms with Crippen LogP contribution in [0.3, 0.4) is 0 Å². The summed E-state index contributed by atoms with van der Waals surface area (Å²) >= 11 is 0. The number of nitrogens with one attached hydrogen (secondary N) is 1. The summed E-state index contributed by atoms with van der Waals surface area (Å²) in [6, 6.07) is 0.108. The number of hydrogen-bond acceptors (Lipinski definition) is 4. The lowest BCUT2D eigenvalue weighted by Gasteiger charge is -2.05. The molecule has 1 unspecified atom stereocenters. The third-order valence-electron chi connectivity index (χ3n) is 1.91. The van der Waals surface area contributed by atoms with E-state index in [0.29, 0.717) is 6.61 Å². The number of ether oxygens (including phenoxy) is 1. The maximum Gasteiger partial charge on any atom is 0.407 e. The van der Waals surface area contributed by atoms with Crippen LogP contribution >= 0.6 is 0 Å². The summed E-state index contributed by atoms with van der Waals surface area (Å²) in [7, 11) is 0. The van der Waals surface area contributed by atoms with E-state index in [2.05, 4.69) is 15.4 Å². The lowest BCUT2D eigenvalue weighted by atomic mass is 10.2. The molecule has 1 aromatic heterocycles. The number of aryl methyl sites for hydroxylation is 1. The number of hydrogen-bond donors (Lipinski definition) is 1. The summed E-state index contributed by atoms with van der Waals surface area (Å²) in [6.07, 6.45) is 3.62. The Morgan fingerprint density at radius 1 is 1.77 bits per heavy atom. The first-order valence-corrected chi connectivity index (χ1v) is 4.10. The monoisotopic (exact) mass is 182 g/mol. The molecule has 13 heavy (non-hydrogen) atoms. The largest absolute Gasteiger partial charge is 0.447 e. The van der Waals surface area contributed by atoms with E-state index in [9.17, 15) is 4.79 Å². The number of carbonyl (C=O) groups is 1. The van der Waals surface area contributed by atoms with Crippen molar-refractivity contribution in [2.75, 3.05) is 6.61 Å². The minimum atomic E-state index is -0.330. The van der Waals surface area contributed by atoms with Gasteiger partial charge in [-0.3, -0.25) is 4.68 Å². The van der Waals surface area contributed by atoms with Crippen LogP contribution in [0.4, 0.5) is 4.79 Å². The van der Waals surface area contributed by atoms with Gasteiger partial charge in [0.15, 0.2) is 0 Å². The summed E-state index contributed by atoms with van der Waals surface area (Å²) in [6.45, 7) is 1.20. The third-order valence-corrected chi connectivity index (χ3v) is 1.91. The van der Waals surface area contributed by atoms with Crippen molar-refractivity contribution in [1.82, 2.24) is 20.1 Å². The van der Waals surface area contributed by atoms with E-state index in [1.165, 1.54) is 6.33 Å². The van der Waals surface area contributed by atoms with E-state index in [1.807, 2.05) is 0 Å². The van der Waals surface area contributed by atoms with Crippen LogP contribution in [-0.4, -0.2) is 33.5 Å². The average Bonchev–Trinajstić information content (AvgIpc) is 2.71. The topological polar surface area (TPSA) is 69.0 Å². The van der Waals surface area contributed by atoms with Crippen LogP contribution in [-0.2, 0) is 11.3 Å². The van der Waals surface area contributed by atoms with Gasteiger partial charge in [-0.05, 0) is 6.42 Å². The highest BCUT2D eigenvalue weighted by atomic mass is 16.6. The molecule has 2 rings (SSSR count). The van der Waals surface area contributed by atoms with Crippen molar-refractivity contribution in [3.8, 4) is 0 Å². The van der Waals surface area contributed by atoms with Gasteiger partial charge in [-0.2, -0.15) is 5.10 Å². The van der Waals surface area contributed by atoms with Gasteiger partial charge in [-0.1, -0.05) is 0 Å². The molecule has 1 fully saturated rings. The Hall–Kier alpha value is -1.59. The number of carbonyl (C=O) groups excluding carboxylic acids is 1. The molecule has 1 aromatic rings. The van der Waals surface area contributed by atoms with Gasteiger partial charge in [-0.15, -0.1) is 0 Å². The number of alkyl carbamates (subject to hydrolysis) is 1. The van der Waals surface area contributed by atoms with Crippen molar-refractivity contribution in [2.45, 2.75) is 19.0 Å². The molecule has 1 N–H and O–H groups in total. The molecule has 0 aromatic carbocycles. The second-order valence-electron chi connectivity index (χ2n) is 2.89. The van der Waals surface area contributed by atoms with Crippen LogP contribution in [0.25, 0.3) is 0 Å². The zero-order chi connectivity index (χ0) is 9.10. The van der Waals surface area contributed by atoms with Crippen molar-refractivity contribution < 1.29 is 9.53 Å². The number of amides is 1. The number of rotatable bonds is 3. The van der Waals surface area contributed by atoms with Crippen molar-refractivity contribution in [3.05, 3.63) is 12.7 Å². The lowest BCUT2D eigenvalue weighted by molar-refractivity contribution is 0.176. The fourth-order valence-corrected chi connectivity index (χ4v) is 1.22. The smallest absolute Gasteiger partial charge is 0.407 e. The van der Waals surface area contributed by atoms with Gasteiger partial charge >= 0.3 is 6.09 Å². The van der Waals surface area contributed by atoms with Gasteiger partial charge in [0.25, 0.3) is 0 Å². The maximum atomic E-state index is 10.6. The molecule has 6 nitrogen and oxygen atoms in total. The van der Waals surface area contributed by atoms with Gasteiger partial charge in [0, 0.05) is 6.54 Å². The highest BCUT2D eigenvalue weighted by Gasteiger charge is 2.21. The van der Waals surface area contributed by atoms with Crippen molar-refractivity contribution in [2.24, 2.45) is 0 Å². The molecule has 1 aliphatic rings. The highest BCUT2D eigenvalue weighted by Crippen LogP contribution is 2.02. The number of cyclic esters (lactones) is 1. The van der Waals surface area contributed by atoms with Crippen LogP contribution in [0.5, 0.6) is 0 Å². The van der Waals surface area contributed by atoms with E-state index in [1.54, 1.807) is 11.0 Å². The number of aromatic nitrogens is 3. The minimum absolute atomic E-state index is 0.108. The molecule has 1 aliphatic heterocycles. The zero-order valence-corrected chi connectivity index (χ0v) is 7.01. The summed E-state index contributed by atoms with van der Waals surface area (Å²) in [5, 5.41) is 6.64. The Balaban J connectivity index is 1.77. The van der Waals surface area contributed by atoms with Crippen LogP contribution in [0.15, 0.2) is 12.7 Å². The fraction of sp³-hybridized carbons (Fsp3) is 0.571. The van der Waals surface area contributed by atoms with Crippen molar-refractivity contribution >= 4 is 6.09 Å². The van der Waals surface area contributed by atoms with Crippen molar-refractivity contribution in [1.29, 1.82) is 0 Å². The van der Waals surface area contributed by atoms with Crippen LogP contribution in [0.2, 0.25) is 0 Å². The predicted octanol–water partition coefficient (Wildman–Crippen LogP) is -0.223. The van der Waals surface area contributed by atoms with Gasteiger partial charge in [0.1, 0.15) is 19.3 Å². The highest BCUT2D eigenvalue weighted by molar-refractivity contribution is 5.69. The minimum Gasteiger partial charge on any atom is -0.447 e. The van der Waals surface area contributed by atoms with E-state index in [0.717, 1.165) is 13.0 Å². The third kappa shape index (κ3) is 1.95. The van der Waals surface area contributed by atoms with Crippen molar-refractivity contribution in [3.63, 3.8) is 0 Å². The Morgan fingerprint density at radius 2 is 2.69 bits per heavy atom. The van der Waals surface area contributed by atoms with Gasteiger partial charge in [0.05, 0.1) is 6.04 Å². The molecule has 0 saturated carbocycles. The first kappa shape index (κ1) is 8.03. The average molecular weight is 182 g/mol. The van der Waals surface area contributed by atoms with Gasteiger partial charge in [0.2, 0.25) is 0 Å². The Kier molecular flexibility index (Phi) is 2.11. The first-order chi connectivity index (χ1) is 6.34. The lowest BCUT2D eigenvalue weighted by Crippen LogP contribution is -2.27. The Morgan fingerprint density at radius 3 is 3.31 bits per heavy atom. The van der Waals surface area contributed by atoms with Crippen LogP contribution < -0.4 is 5.32 Å². The predicted molar refractivity (Wildman–Crippen MR) is 42.9 cm³/mol. The molecule has 1 atom stereocenters. The number of nitrogens with zero attached hydrogens (tertiary/aromatic N) is 3. The quantitative estimate of drug-likeness (QED) is 0.701. The SMILES string of the molecule is O=C1NC(CCn2cncn2)CO1. The van der Waals surface area contributed by atoms with Gasteiger partial charge < -0.3 is 10.1 Å². The molecule has 6 heteroatoms. The first-order valence-electron chi connectivity index (χ1n) is 4.10. The summed E-state index contributed by atoms with van der Waals surface area (Å²) in [5.74, 6) is 0.